The Morgan fingerprint density at radius 1 is 0.714 bits per heavy atom. The number of esters is 1. The van der Waals surface area contributed by atoms with E-state index in [2.05, 4.69) is 109 Å². The van der Waals surface area contributed by atoms with E-state index >= 15 is 0 Å². The fraction of sp³-hybridized carbons (Fsp3) is 0.614. The van der Waals surface area contributed by atoms with Crippen LogP contribution < -0.4 is 20.9 Å². The van der Waals surface area contributed by atoms with Crippen LogP contribution in [0.1, 0.15) is 133 Å². The molecule has 0 aliphatic carbocycles. The van der Waals surface area contributed by atoms with E-state index in [1.807, 2.05) is 72.0 Å². The smallest absolute Gasteiger partial charge is 0.332 e. The summed E-state index contributed by atoms with van der Waals surface area (Å²) in [6.07, 6.45) is 9.35. The quantitative estimate of drug-likeness (QED) is 0.0413. The first kappa shape index (κ1) is 79.9. The molecule has 5 rings (SSSR count). The number of carbonyl (C=O) groups is 9. The SMILES string of the molecule is CC(Cc1cccc(-c2ccc(N3CCN(C(C)C)CC3)cc2)c1)N(C)C=O.CCC(C)C(NC)C(=O)N(C)CC(=O)NC(CC(C)C)C(=O)N(C)C(C(=O)OCC(=O)N(C)CC(=O)NC(C)Cc1ccccc1)C(C)(C)O.CCCC.O=CC1CCCN1C=O. The molecule has 2 aliphatic heterocycles. The summed E-state index contributed by atoms with van der Waals surface area (Å²) >= 11 is 0. The van der Waals surface area contributed by atoms with Crippen LogP contribution in [0.4, 0.5) is 5.69 Å². The lowest BCUT2D eigenvalue weighted by Gasteiger charge is -2.38. The highest BCUT2D eigenvalue weighted by molar-refractivity contribution is 5.93. The van der Waals surface area contributed by atoms with Gasteiger partial charge in [0, 0.05) is 84.7 Å². The van der Waals surface area contributed by atoms with Gasteiger partial charge in [-0.3, -0.25) is 38.5 Å². The minimum atomic E-state index is -1.80. The van der Waals surface area contributed by atoms with Crippen LogP contribution in [0, 0.1) is 11.8 Å². The van der Waals surface area contributed by atoms with Gasteiger partial charge in [-0.25, -0.2) is 4.79 Å². The molecular formula is C70H112N10O11. The van der Waals surface area contributed by atoms with Crippen molar-refractivity contribution >= 4 is 60.3 Å². The highest BCUT2D eigenvalue weighted by atomic mass is 16.5. The van der Waals surface area contributed by atoms with E-state index in [-0.39, 0.29) is 61.3 Å². The Balaban J connectivity index is 0.000000564. The molecule has 7 unspecified atom stereocenters. The zero-order valence-electron chi connectivity index (χ0n) is 57.9. The molecule has 0 bridgehead atoms. The molecule has 3 aromatic rings. The fourth-order valence-electron chi connectivity index (χ4n) is 10.5. The number of piperazine rings is 1. The van der Waals surface area contributed by atoms with Crippen molar-refractivity contribution in [2.45, 2.75) is 182 Å². The van der Waals surface area contributed by atoms with Gasteiger partial charge < -0.3 is 60.0 Å². The van der Waals surface area contributed by atoms with E-state index < -0.39 is 54.0 Å². The number of benzene rings is 3. The summed E-state index contributed by atoms with van der Waals surface area (Å²) in [5.74, 6) is -3.59. The number of rotatable bonds is 30. The standard InChI is InChI=1S/C36H60N6O8.C24H33N3O.C6H9NO2.C4H10/c1-12-24(4)31(37-8)34(47)41(10)21-29(44)39-27(18-23(2)3)33(46)42(11)32(36(6,7)49)35(48)50-22-30(45)40(9)20-28(43)38-25(5)19-26-16-14-13-15-17-26;1-19(2)26-12-14-27(15-13-26)24-10-8-22(9-11-24)23-7-5-6-21(17-23)16-20(3)25(4)18-28;8-4-6-2-1-3-7(6)5-9;1-3-4-2/h13-17,23-25,27,31-32,37,49H,12,18-22H2,1-11H3,(H,38,43)(H,39,44);5-11,17-20H,12-16H2,1-4H3;4-6H,1-3H2;3-4H2,1-2H3. The molecule has 21 heteroatoms. The number of carbonyl (C=O) groups excluding carboxylic acids is 9. The number of nitrogens with one attached hydrogen (secondary N) is 3. The van der Waals surface area contributed by atoms with Gasteiger partial charge in [0.1, 0.15) is 12.3 Å². The van der Waals surface area contributed by atoms with Gasteiger partial charge >= 0.3 is 5.97 Å². The molecule has 0 saturated carbocycles. The Morgan fingerprint density at radius 3 is 1.82 bits per heavy atom. The lowest BCUT2D eigenvalue weighted by atomic mass is 9.95. The highest BCUT2D eigenvalue weighted by Gasteiger charge is 2.43. The van der Waals surface area contributed by atoms with Crippen molar-refractivity contribution in [3.63, 3.8) is 0 Å². The van der Waals surface area contributed by atoms with Crippen molar-refractivity contribution in [1.82, 2.24) is 45.3 Å². The molecule has 4 N–H and O–H groups in total. The van der Waals surface area contributed by atoms with Gasteiger partial charge in [0.25, 0.3) is 5.91 Å². The van der Waals surface area contributed by atoms with Crippen molar-refractivity contribution in [2.75, 3.05) is 92.6 Å². The van der Waals surface area contributed by atoms with Crippen LogP contribution in [0.25, 0.3) is 11.1 Å². The summed E-state index contributed by atoms with van der Waals surface area (Å²) in [6, 6.07) is 24.6. The van der Waals surface area contributed by atoms with Crippen LogP contribution in [0.2, 0.25) is 0 Å². The number of hydrogen-bond acceptors (Lipinski definition) is 14. The van der Waals surface area contributed by atoms with E-state index in [1.165, 1.54) is 80.0 Å². The van der Waals surface area contributed by atoms with Gasteiger partial charge in [0.2, 0.25) is 36.4 Å². The Morgan fingerprint density at radius 2 is 1.31 bits per heavy atom. The molecular weight excluding hydrogens is 1160 g/mol. The molecule has 2 aliphatic rings. The number of hydrogen-bond donors (Lipinski definition) is 4. The predicted octanol–water partition coefficient (Wildman–Crippen LogP) is 6.47. The number of likely N-dealkylation sites (tertiary alicyclic amines) is 1. The largest absolute Gasteiger partial charge is 0.454 e. The van der Waals surface area contributed by atoms with Crippen molar-refractivity contribution in [3.05, 3.63) is 90.0 Å². The Labute approximate surface area is 544 Å². The lowest BCUT2D eigenvalue weighted by molar-refractivity contribution is -0.167. The molecule has 0 radical (unpaired) electrons. The van der Waals surface area contributed by atoms with Crippen LogP contribution in [-0.2, 0) is 60.7 Å². The molecule has 3 aromatic carbocycles. The topological polar surface area (TPSA) is 242 Å². The molecule has 2 fully saturated rings. The summed E-state index contributed by atoms with van der Waals surface area (Å²) < 4.78 is 5.26. The first-order valence-electron chi connectivity index (χ1n) is 32.5. The summed E-state index contributed by atoms with van der Waals surface area (Å²) in [4.78, 5) is 121. The summed E-state index contributed by atoms with van der Waals surface area (Å²) in [6.45, 7) is 27.0. The van der Waals surface area contributed by atoms with E-state index in [4.69, 9.17) is 4.74 Å². The second-order valence-corrected chi connectivity index (χ2v) is 25.5. The number of aldehydes is 1. The Kier molecular flexibility index (Phi) is 36.2. The van der Waals surface area contributed by atoms with Gasteiger partial charge in [-0.1, -0.05) is 128 Å². The molecule has 508 valence electrons. The van der Waals surface area contributed by atoms with E-state index in [0.717, 1.165) is 92.9 Å². The van der Waals surface area contributed by atoms with Crippen LogP contribution in [-0.4, -0.2) is 225 Å². The van der Waals surface area contributed by atoms with E-state index in [1.54, 1.807) is 11.9 Å². The normalized spacial score (nSPS) is 15.8. The Bertz CT molecular complexity index is 2670. The number of likely N-dealkylation sites (N-methyl/N-ethyl adjacent to an activating group) is 5. The second kappa shape index (κ2) is 41.3. The first-order valence-corrected chi connectivity index (χ1v) is 32.5. The number of ether oxygens (including phenoxy) is 1. The monoisotopic (exact) mass is 1270 g/mol. The lowest BCUT2D eigenvalue weighted by Crippen LogP contribution is -2.60. The second-order valence-electron chi connectivity index (χ2n) is 25.5. The number of amides is 7. The molecule has 7 amide bonds. The molecule has 91 heavy (non-hydrogen) atoms. The third kappa shape index (κ3) is 28.0. The van der Waals surface area contributed by atoms with Crippen LogP contribution in [0.3, 0.4) is 0 Å². The van der Waals surface area contributed by atoms with E-state index in [0.29, 0.717) is 12.5 Å². The van der Waals surface area contributed by atoms with Gasteiger partial charge in [0.05, 0.1) is 30.8 Å². The third-order valence-electron chi connectivity index (χ3n) is 16.5. The molecule has 2 saturated heterocycles. The highest BCUT2D eigenvalue weighted by Crippen LogP contribution is 2.26. The van der Waals surface area contributed by atoms with Crippen molar-refractivity contribution in [3.8, 4) is 11.1 Å². The maximum Gasteiger partial charge on any atom is 0.332 e. The van der Waals surface area contributed by atoms with Gasteiger partial charge in [0.15, 0.2) is 12.6 Å². The maximum atomic E-state index is 13.8. The van der Waals surface area contributed by atoms with Gasteiger partial charge in [-0.05, 0) is 127 Å². The molecule has 0 aromatic heterocycles. The molecule has 7 atom stereocenters. The molecule has 0 spiro atoms. The zero-order chi connectivity index (χ0) is 68.5. The first-order chi connectivity index (χ1) is 43.0. The number of aliphatic hydroxyl groups is 1. The van der Waals surface area contributed by atoms with Gasteiger partial charge in [-0.15, -0.1) is 0 Å². The number of nitrogens with zero attached hydrogens (tertiary/aromatic N) is 7. The average Bonchev–Trinajstić information content (AvgIpc) is 1.66. The van der Waals surface area contributed by atoms with Crippen molar-refractivity contribution < 1.29 is 53.0 Å². The van der Waals surface area contributed by atoms with Crippen molar-refractivity contribution in [2.24, 2.45) is 11.8 Å². The van der Waals surface area contributed by atoms with E-state index in [9.17, 15) is 48.3 Å². The summed E-state index contributed by atoms with van der Waals surface area (Å²) in [5.41, 5.74) is 4.29. The minimum absolute atomic E-state index is 0.0367. The summed E-state index contributed by atoms with van der Waals surface area (Å²) in [7, 11) is 7.73. The fourth-order valence-corrected chi connectivity index (χ4v) is 10.5. The maximum absolute atomic E-state index is 13.8. The van der Waals surface area contributed by atoms with Crippen LogP contribution >= 0.6 is 0 Å². The Hall–Kier alpha value is -7.23. The number of anilines is 1. The van der Waals surface area contributed by atoms with Gasteiger partial charge in [-0.2, -0.15) is 0 Å². The summed E-state index contributed by atoms with van der Waals surface area (Å²) in [5, 5.41) is 19.5. The molecule has 2 heterocycles. The average molecular weight is 1270 g/mol. The third-order valence-corrected chi connectivity index (χ3v) is 16.5. The van der Waals surface area contributed by atoms with Crippen LogP contribution in [0.15, 0.2) is 78.9 Å². The number of unbranched alkanes of at least 4 members (excludes halogenated alkanes) is 1. The zero-order valence-corrected chi connectivity index (χ0v) is 57.9. The van der Waals surface area contributed by atoms with Crippen molar-refractivity contribution in [1.29, 1.82) is 0 Å². The minimum Gasteiger partial charge on any atom is -0.454 e. The van der Waals surface area contributed by atoms with Crippen LogP contribution in [0.5, 0.6) is 0 Å². The predicted molar refractivity (Wildman–Crippen MR) is 361 cm³/mol. The molecule has 21 nitrogen and oxygen atoms in total.